The van der Waals surface area contributed by atoms with E-state index in [2.05, 4.69) is 9.88 Å². The summed E-state index contributed by atoms with van der Waals surface area (Å²) in [5.74, 6) is -0.511. The lowest BCUT2D eigenvalue weighted by Crippen LogP contribution is -2.32. The maximum Gasteiger partial charge on any atom is 0.267 e. The van der Waals surface area contributed by atoms with Crippen molar-refractivity contribution in [2.75, 3.05) is 11.4 Å². The number of aliphatic hydroxyl groups is 1. The predicted molar refractivity (Wildman–Crippen MR) is 69.4 cm³/mol. The molecule has 0 radical (unpaired) electrons. The van der Waals surface area contributed by atoms with Gasteiger partial charge in [0.2, 0.25) is 0 Å². The molecule has 1 aliphatic rings. The number of hydrogen-bond donors (Lipinski definition) is 2. The van der Waals surface area contributed by atoms with Crippen molar-refractivity contribution in [3.63, 3.8) is 0 Å². The van der Waals surface area contributed by atoms with Gasteiger partial charge in [-0.2, -0.15) is 0 Å². The van der Waals surface area contributed by atoms with E-state index in [4.69, 9.17) is 5.73 Å². The number of amides is 1. The maximum absolute atomic E-state index is 11.1. The van der Waals surface area contributed by atoms with Crippen LogP contribution in [0.3, 0.4) is 0 Å². The van der Waals surface area contributed by atoms with Crippen LogP contribution in [0.5, 0.6) is 0 Å². The summed E-state index contributed by atoms with van der Waals surface area (Å²) >= 11 is 0. The van der Waals surface area contributed by atoms with Gasteiger partial charge in [-0.1, -0.05) is 0 Å². The molecule has 1 aliphatic heterocycles. The molecule has 2 rings (SSSR count). The monoisotopic (exact) mass is 249 g/mol. The minimum Gasteiger partial charge on any atom is -0.393 e. The van der Waals surface area contributed by atoms with Crippen molar-refractivity contribution < 1.29 is 9.90 Å². The van der Waals surface area contributed by atoms with E-state index >= 15 is 0 Å². The molecule has 0 spiro atoms. The van der Waals surface area contributed by atoms with Gasteiger partial charge in [0.15, 0.2) is 0 Å². The average molecular weight is 249 g/mol. The number of aromatic nitrogens is 1. The van der Waals surface area contributed by atoms with Gasteiger partial charge in [0.1, 0.15) is 5.69 Å². The first-order chi connectivity index (χ1) is 8.58. The molecule has 0 aromatic carbocycles. The van der Waals surface area contributed by atoms with Gasteiger partial charge in [-0.05, 0) is 38.3 Å². The molecule has 1 aromatic heterocycles. The van der Waals surface area contributed by atoms with Crippen molar-refractivity contribution in [2.45, 2.75) is 38.3 Å². The fourth-order valence-corrected chi connectivity index (χ4v) is 2.55. The van der Waals surface area contributed by atoms with Gasteiger partial charge in [0.05, 0.1) is 6.10 Å². The Hall–Kier alpha value is -1.62. The zero-order valence-electron chi connectivity index (χ0n) is 10.5. The van der Waals surface area contributed by atoms with Crippen LogP contribution in [0, 0.1) is 0 Å². The molecule has 3 N–H and O–H groups in total. The number of nitrogens with zero attached hydrogens (tertiary/aromatic N) is 2. The van der Waals surface area contributed by atoms with Crippen molar-refractivity contribution in [3.8, 4) is 0 Å². The molecule has 0 saturated carbocycles. The first-order valence-electron chi connectivity index (χ1n) is 6.28. The standard InChI is InChI=1S/C13H19N3O2/c1-9(17)7-10-3-2-6-16(10)11-4-5-15-12(8-11)13(14)18/h4-5,8-10,17H,2-3,6-7H2,1H3,(H2,14,18). The highest BCUT2D eigenvalue weighted by molar-refractivity contribution is 5.91. The Labute approximate surface area is 107 Å². The predicted octanol–water partition coefficient (Wildman–Crippen LogP) is 0.920. The first kappa shape index (κ1) is 12.8. The van der Waals surface area contributed by atoms with Crippen LogP contribution in [0.15, 0.2) is 18.3 Å². The Morgan fingerprint density at radius 1 is 1.72 bits per heavy atom. The summed E-state index contributed by atoms with van der Waals surface area (Å²) in [5, 5.41) is 9.51. The molecule has 1 fully saturated rings. The number of aliphatic hydroxyl groups excluding tert-OH is 1. The number of nitrogens with two attached hydrogens (primary N) is 1. The summed E-state index contributed by atoms with van der Waals surface area (Å²) in [6.07, 6.45) is 4.21. The molecule has 0 aliphatic carbocycles. The zero-order chi connectivity index (χ0) is 13.1. The SMILES string of the molecule is CC(O)CC1CCCN1c1ccnc(C(N)=O)c1. The largest absolute Gasteiger partial charge is 0.393 e. The number of primary amides is 1. The molecule has 1 saturated heterocycles. The Balaban J connectivity index is 2.19. The highest BCUT2D eigenvalue weighted by Gasteiger charge is 2.26. The minimum absolute atomic E-state index is 0.287. The lowest BCUT2D eigenvalue weighted by molar-refractivity contribution is 0.0995. The lowest BCUT2D eigenvalue weighted by atomic mass is 10.1. The third kappa shape index (κ3) is 2.79. The van der Waals surface area contributed by atoms with E-state index in [-0.39, 0.29) is 11.8 Å². The van der Waals surface area contributed by atoms with Crippen molar-refractivity contribution in [1.82, 2.24) is 4.98 Å². The van der Waals surface area contributed by atoms with Crippen LogP contribution in [0.4, 0.5) is 5.69 Å². The molecule has 2 atom stereocenters. The third-order valence-electron chi connectivity index (χ3n) is 3.32. The third-order valence-corrected chi connectivity index (χ3v) is 3.32. The normalized spacial score (nSPS) is 21.0. The van der Waals surface area contributed by atoms with Crippen molar-refractivity contribution >= 4 is 11.6 Å². The summed E-state index contributed by atoms with van der Waals surface area (Å²) in [5.41, 5.74) is 6.48. The van der Waals surface area contributed by atoms with Gasteiger partial charge in [-0.25, -0.2) is 0 Å². The lowest BCUT2D eigenvalue weighted by Gasteiger charge is -2.27. The van der Waals surface area contributed by atoms with Crippen LogP contribution in [0.25, 0.3) is 0 Å². The van der Waals surface area contributed by atoms with Crippen LogP contribution in [0.1, 0.15) is 36.7 Å². The number of carbonyl (C=O) groups is 1. The minimum atomic E-state index is -0.511. The van der Waals surface area contributed by atoms with E-state index in [1.54, 1.807) is 19.2 Å². The van der Waals surface area contributed by atoms with Crippen LogP contribution in [-0.2, 0) is 0 Å². The van der Waals surface area contributed by atoms with Gasteiger partial charge in [0, 0.05) is 24.5 Å². The van der Waals surface area contributed by atoms with Crippen LogP contribution >= 0.6 is 0 Å². The van der Waals surface area contributed by atoms with Gasteiger partial charge in [-0.3, -0.25) is 9.78 Å². The second kappa shape index (κ2) is 5.35. The fraction of sp³-hybridized carbons (Fsp3) is 0.538. The van der Waals surface area contributed by atoms with Crippen LogP contribution < -0.4 is 10.6 Å². The Morgan fingerprint density at radius 3 is 3.17 bits per heavy atom. The molecule has 5 nitrogen and oxygen atoms in total. The number of anilines is 1. The molecule has 1 amide bonds. The number of pyridine rings is 1. The van der Waals surface area contributed by atoms with E-state index in [1.165, 1.54) is 0 Å². The number of rotatable bonds is 4. The summed E-state index contributed by atoms with van der Waals surface area (Å²) in [6.45, 7) is 2.75. The van der Waals surface area contributed by atoms with Crippen molar-refractivity contribution in [2.24, 2.45) is 5.73 Å². The van der Waals surface area contributed by atoms with Gasteiger partial charge in [-0.15, -0.1) is 0 Å². The van der Waals surface area contributed by atoms with E-state index in [9.17, 15) is 9.90 Å². The number of carbonyl (C=O) groups excluding carboxylic acids is 1. The molecule has 0 bridgehead atoms. The van der Waals surface area contributed by atoms with E-state index in [0.717, 1.165) is 31.5 Å². The molecule has 1 aromatic rings. The Kier molecular flexibility index (Phi) is 3.81. The first-order valence-corrected chi connectivity index (χ1v) is 6.28. The fourth-order valence-electron chi connectivity index (χ4n) is 2.55. The van der Waals surface area contributed by atoms with Gasteiger partial charge >= 0.3 is 0 Å². The molecular formula is C13H19N3O2. The zero-order valence-corrected chi connectivity index (χ0v) is 10.5. The quantitative estimate of drug-likeness (QED) is 0.831. The highest BCUT2D eigenvalue weighted by atomic mass is 16.3. The Bertz CT molecular complexity index is 434. The van der Waals surface area contributed by atoms with Gasteiger partial charge < -0.3 is 15.7 Å². The summed E-state index contributed by atoms with van der Waals surface area (Å²) < 4.78 is 0. The second-order valence-corrected chi connectivity index (χ2v) is 4.84. The summed E-state index contributed by atoms with van der Waals surface area (Å²) in [6, 6.07) is 3.93. The molecule has 2 heterocycles. The molecule has 98 valence electrons. The van der Waals surface area contributed by atoms with Crippen LogP contribution in [-0.4, -0.2) is 34.7 Å². The average Bonchev–Trinajstić information content (AvgIpc) is 2.76. The molecule has 18 heavy (non-hydrogen) atoms. The molecule has 5 heteroatoms. The molecule has 2 unspecified atom stereocenters. The highest BCUT2D eigenvalue weighted by Crippen LogP contribution is 2.28. The van der Waals surface area contributed by atoms with E-state index < -0.39 is 5.91 Å². The Morgan fingerprint density at radius 2 is 2.50 bits per heavy atom. The van der Waals surface area contributed by atoms with Gasteiger partial charge in [0.25, 0.3) is 5.91 Å². The van der Waals surface area contributed by atoms with E-state index in [1.807, 2.05) is 6.07 Å². The second-order valence-electron chi connectivity index (χ2n) is 4.84. The number of hydrogen-bond acceptors (Lipinski definition) is 4. The maximum atomic E-state index is 11.1. The topological polar surface area (TPSA) is 79.4 Å². The smallest absolute Gasteiger partial charge is 0.267 e. The van der Waals surface area contributed by atoms with Crippen molar-refractivity contribution in [3.05, 3.63) is 24.0 Å². The molecular weight excluding hydrogens is 230 g/mol. The van der Waals surface area contributed by atoms with Crippen LogP contribution in [0.2, 0.25) is 0 Å². The summed E-state index contributed by atoms with van der Waals surface area (Å²) in [7, 11) is 0. The van der Waals surface area contributed by atoms with Crippen molar-refractivity contribution in [1.29, 1.82) is 0 Å². The van der Waals surface area contributed by atoms with E-state index in [0.29, 0.717) is 6.04 Å². The summed E-state index contributed by atoms with van der Waals surface area (Å²) in [4.78, 5) is 17.3.